The Hall–Kier alpha value is -0.770. The summed E-state index contributed by atoms with van der Waals surface area (Å²) in [5.74, 6) is 0. The molecule has 0 bridgehead atoms. The van der Waals surface area contributed by atoms with E-state index in [1.54, 1.807) is 0 Å². The number of nitrogens with two attached hydrogens (primary N) is 1. The van der Waals surface area contributed by atoms with Crippen molar-refractivity contribution in [3.63, 3.8) is 0 Å². The van der Waals surface area contributed by atoms with Gasteiger partial charge in [-0.05, 0) is 0 Å². The zero-order valence-corrected chi connectivity index (χ0v) is 2.30. The van der Waals surface area contributed by atoms with Gasteiger partial charge in [0.1, 0.15) is 0 Å². The van der Waals surface area contributed by atoms with Gasteiger partial charge in [0.25, 0.3) is 0 Å². The average Bonchev–Trinajstić information content (AvgIpc) is 1.38. The van der Waals surface area contributed by atoms with Gasteiger partial charge in [-0.25, -0.2) is 9.68 Å². The van der Waals surface area contributed by atoms with Gasteiger partial charge in [0.15, 0.2) is 0 Å². The van der Waals surface area contributed by atoms with E-state index in [0.717, 1.165) is 0 Å². The second-order valence-electron chi connectivity index (χ2n) is 0.402. The number of hydrogen-bond acceptors (Lipinski definition) is 2. The highest BCUT2D eigenvalue weighted by atomic mass is 17.1. The summed E-state index contributed by atoms with van der Waals surface area (Å²) in [5.41, 5.74) is 4.12. The minimum absolute atomic E-state index is 1.30. The number of hydrogen-bond donors (Lipinski definition) is 1. The van der Waals surface area contributed by atoms with Crippen LogP contribution in [0.3, 0.4) is 0 Å². The Morgan fingerprint density at radius 3 is 2.00 bits per heavy atom. The summed E-state index contributed by atoms with van der Waals surface area (Å²) in [4.78, 5) is 11.7. The molecule has 0 aliphatic carbocycles. The molecule has 0 aromatic carbocycles. The predicted molar refractivity (Wildman–Crippen MR) is 11.4 cm³/mol. The summed E-state index contributed by atoms with van der Waals surface area (Å²) in [6.07, 6.45) is -1.30. The summed E-state index contributed by atoms with van der Waals surface area (Å²) in [6, 6.07) is 0. The molecule has 0 saturated carbocycles. The fourth-order valence-electron chi connectivity index (χ4n) is 0. The summed E-state index contributed by atoms with van der Waals surface area (Å²) >= 11 is 0. The Morgan fingerprint density at radius 1 is 1.80 bits per heavy atom. The third-order valence-corrected chi connectivity index (χ3v) is 0.0821. The third-order valence-electron chi connectivity index (χ3n) is 0.0821. The molecule has 0 fully saturated rings. The number of rotatable bonds is 0. The van der Waals surface area contributed by atoms with Gasteiger partial charge in [-0.1, -0.05) is 0 Å². The highest BCUT2D eigenvalue weighted by molar-refractivity contribution is 5.63. The summed E-state index contributed by atoms with van der Waals surface area (Å²) in [5, 5.41) is 8.66. The number of carbonyl (C=O) groups is 1. The maximum absolute atomic E-state index is 9.06. The topological polar surface area (TPSA) is 72.2 Å². The molecule has 5 heavy (non-hydrogen) atoms. The van der Waals surface area contributed by atoms with E-state index in [1.807, 2.05) is 0 Å². The van der Waals surface area contributed by atoms with Crippen LogP contribution in [0, 0.1) is 0 Å². The Kier molecular flexibility index (Phi) is 1.30. The second-order valence-corrected chi connectivity index (χ2v) is 0.402. The van der Waals surface area contributed by atoms with Crippen molar-refractivity contribution in [1.29, 1.82) is 0 Å². The van der Waals surface area contributed by atoms with Gasteiger partial charge in [0.05, 0.1) is 0 Å². The lowest BCUT2D eigenvalue weighted by Crippen LogP contribution is -2.08. The van der Waals surface area contributed by atoms with Crippen molar-refractivity contribution in [2.24, 2.45) is 5.73 Å². The molecule has 0 spiro atoms. The molecule has 1 amide bonds. The summed E-state index contributed by atoms with van der Waals surface area (Å²) in [6.45, 7) is 0. The lowest BCUT2D eigenvalue weighted by atomic mass is 11.3. The van der Waals surface area contributed by atoms with Crippen LogP contribution in [-0.4, -0.2) is 6.09 Å². The normalized spacial score (nSPS) is 6.60. The van der Waals surface area contributed by atoms with E-state index >= 15 is 0 Å². The number of carbonyl (C=O) groups excluding carboxylic acids is 1. The van der Waals surface area contributed by atoms with Gasteiger partial charge in [-0.3, -0.25) is 0 Å². The van der Waals surface area contributed by atoms with Crippen molar-refractivity contribution in [2.75, 3.05) is 0 Å². The standard InChI is InChI=1S/CH2NO3/c2-1(3)5-4/h(H2,2,3). The Balaban J connectivity index is 2.85. The van der Waals surface area contributed by atoms with Gasteiger partial charge in [0, 0.05) is 5.26 Å². The van der Waals surface area contributed by atoms with Gasteiger partial charge < -0.3 is 5.73 Å². The van der Waals surface area contributed by atoms with Crippen molar-refractivity contribution in [2.45, 2.75) is 0 Å². The number of amides is 1. The van der Waals surface area contributed by atoms with Crippen LogP contribution >= 0.6 is 0 Å². The van der Waals surface area contributed by atoms with E-state index in [1.165, 1.54) is 0 Å². The molecule has 0 atom stereocenters. The fourth-order valence-corrected chi connectivity index (χ4v) is 0. The molecule has 0 aromatic rings. The first kappa shape index (κ1) is 4.23. The highest BCUT2D eigenvalue weighted by Crippen LogP contribution is 1.56. The summed E-state index contributed by atoms with van der Waals surface area (Å²) < 4.78 is 0. The minimum atomic E-state index is -1.30. The third kappa shape index (κ3) is 3.23. The molecular formula is CH2NO3. The molecule has 1 radical (unpaired) electrons. The molecule has 0 aliphatic rings. The van der Waals surface area contributed by atoms with Gasteiger partial charge in [-0.2, -0.15) is 0 Å². The molecule has 4 heteroatoms. The molecule has 0 aromatic heterocycles. The quantitative estimate of drug-likeness (QED) is 0.310. The second kappa shape index (κ2) is 1.54. The van der Waals surface area contributed by atoms with E-state index in [4.69, 9.17) is 10.1 Å². The van der Waals surface area contributed by atoms with Crippen LogP contribution in [0.2, 0.25) is 0 Å². The van der Waals surface area contributed by atoms with Crippen LogP contribution < -0.4 is 5.73 Å². The Bertz CT molecular complexity index is 42.2. The maximum atomic E-state index is 9.06. The zero-order chi connectivity index (χ0) is 4.28. The van der Waals surface area contributed by atoms with Crippen LogP contribution in [0.25, 0.3) is 0 Å². The largest absolute Gasteiger partial charge is 0.439 e. The van der Waals surface area contributed by atoms with Crippen LogP contribution in [0.1, 0.15) is 0 Å². The van der Waals surface area contributed by atoms with Gasteiger partial charge in [-0.15, -0.1) is 0 Å². The van der Waals surface area contributed by atoms with E-state index < -0.39 is 6.09 Å². The van der Waals surface area contributed by atoms with Crippen LogP contribution in [0.5, 0.6) is 0 Å². The number of primary amides is 1. The molecule has 0 rings (SSSR count). The van der Waals surface area contributed by atoms with Gasteiger partial charge in [0.2, 0.25) is 0 Å². The first-order valence-electron chi connectivity index (χ1n) is 0.864. The van der Waals surface area contributed by atoms with Crippen molar-refractivity contribution in [1.82, 2.24) is 0 Å². The summed E-state index contributed by atoms with van der Waals surface area (Å²) in [7, 11) is 0. The molecule has 0 saturated heterocycles. The van der Waals surface area contributed by atoms with Crippen molar-refractivity contribution in [3.05, 3.63) is 0 Å². The average molecular weight is 76.0 g/mol. The SMILES string of the molecule is NC(=O)O[O]. The van der Waals surface area contributed by atoms with E-state index in [2.05, 4.69) is 10.6 Å². The first-order chi connectivity index (χ1) is 2.27. The molecule has 2 N–H and O–H groups in total. The Labute approximate surface area is 28.1 Å². The molecular weight excluding hydrogens is 74.0 g/mol. The smallest absolute Gasteiger partial charge is 0.333 e. The first-order valence-corrected chi connectivity index (χ1v) is 0.864. The molecule has 4 nitrogen and oxygen atoms in total. The lowest BCUT2D eigenvalue weighted by Gasteiger charge is -1.72. The van der Waals surface area contributed by atoms with Crippen LogP contribution in [-0.2, 0) is 10.1 Å². The van der Waals surface area contributed by atoms with Crippen LogP contribution in [0.15, 0.2) is 0 Å². The monoisotopic (exact) mass is 76.0 g/mol. The maximum Gasteiger partial charge on any atom is 0.439 e. The zero-order valence-electron chi connectivity index (χ0n) is 2.30. The fraction of sp³-hybridized carbons (Fsp3) is 0. The van der Waals surface area contributed by atoms with Crippen molar-refractivity contribution in [3.8, 4) is 0 Å². The predicted octanol–water partition coefficient (Wildman–Crippen LogP) is -0.573. The van der Waals surface area contributed by atoms with E-state index in [0.29, 0.717) is 0 Å². The van der Waals surface area contributed by atoms with Crippen molar-refractivity contribution < 1.29 is 14.9 Å². The van der Waals surface area contributed by atoms with Gasteiger partial charge >= 0.3 is 6.09 Å². The van der Waals surface area contributed by atoms with E-state index in [-0.39, 0.29) is 0 Å². The lowest BCUT2D eigenvalue weighted by molar-refractivity contribution is -0.240. The van der Waals surface area contributed by atoms with Crippen molar-refractivity contribution >= 4 is 6.09 Å². The molecule has 0 aliphatic heterocycles. The molecule has 0 unspecified atom stereocenters. The Morgan fingerprint density at radius 2 is 2.00 bits per heavy atom. The van der Waals surface area contributed by atoms with Crippen LogP contribution in [0.4, 0.5) is 4.79 Å². The molecule has 0 heterocycles. The highest BCUT2D eigenvalue weighted by Gasteiger charge is 1.82. The van der Waals surface area contributed by atoms with E-state index in [9.17, 15) is 0 Å². The minimum Gasteiger partial charge on any atom is -0.333 e. The molecule has 29 valence electrons.